The van der Waals surface area contributed by atoms with Gasteiger partial charge in [-0.25, -0.2) is 19.4 Å². The summed E-state index contributed by atoms with van der Waals surface area (Å²) in [5.41, 5.74) is 8.08. The number of cyclic esters (lactones) is 1. The van der Waals surface area contributed by atoms with Crippen LogP contribution in [0.2, 0.25) is 0 Å². The molecule has 12 heteroatoms. The molecule has 182 valence electrons. The average molecular weight is 468 g/mol. The van der Waals surface area contributed by atoms with Crippen molar-refractivity contribution in [2.75, 3.05) is 11.4 Å². The fourth-order valence-electron chi connectivity index (χ4n) is 2.74. The Hall–Kier alpha value is -3.41. The molecule has 0 aliphatic carbocycles. The van der Waals surface area contributed by atoms with Gasteiger partial charge in [-0.05, 0) is 59.7 Å². The van der Waals surface area contributed by atoms with Gasteiger partial charge in [0.1, 0.15) is 29.2 Å². The third-order valence-electron chi connectivity index (χ3n) is 4.10. The first-order valence-electron chi connectivity index (χ1n) is 10.1. The van der Waals surface area contributed by atoms with Crippen molar-refractivity contribution in [1.82, 2.24) is 10.9 Å². The Morgan fingerprint density at radius 2 is 1.73 bits per heavy atom. The topological polar surface area (TPSA) is 149 Å². The summed E-state index contributed by atoms with van der Waals surface area (Å²) >= 11 is 0. The normalized spacial score (nSPS) is 17.2. The van der Waals surface area contributed by atoms with E-state index in [4.69, 9.17) is 19.9 Å². The van der Waals surface area contributed by atoms with Crippen molar-refractivity contribution in [2.24, 2.45) is 5.73 Å². The molecule has 1 fully saturated rings. The van der Waals surface area contributed by atoms with Gasteiger partial charge in [0, 0.05) is 0 Å². The van der Waals surface area contributed by atoms with Crippen LogP contribution in [-0.4, -0.2) is 54.0 Å². The highest BCUT2D eigenvalue weighted by atomic mass is 19.1. The average Bonchev–Trinajstić information content (AvgIpc) is 3.04. The zero-order valence-electron chi connectivity index (χ0n) is 19.4. The third-order valence-corrected chi connectivity index (χ3v) is 4.10. The van der Waals surface area contributed by atoms with Crippen LogP contribution < -0.4 is 21.5 Å². The smallest absolute Gasteiger partial charge is 0.426 e. The van der Waals surface area contributed by atoms with Crippen molar-refractivity contribution in [2.45, 2.75) is 64.9 Å². The number of carbonyl (C=O) groups excluding carboxylic acids is 4. The van der Waals surface area contributed by atoms with Gasteiger partial charge in [-0.2, -0.15) is 0 Å². The number of halogens is 1. The van der Waals surface area contributed by atoms with Crippen molar-refractivity contribution < 1.29 is 37.8 Å². The molecule has 1 unspecified atom stereocenters. The summed E-state index contributed by atoms with van der Waals surface area (Å²) < 4.78 is 29.9. The third kappa shape index (κ3) is 7.31. The number of esters is 1. The summed E-state index contributed by atoms with van der Waals surface area (Å²) in [5, 5.41) is 0. The minimum absolute atomic E-state index is 0.0908. The van der Waals surface area contributed by atoms with Crippen LogP contribution in [-0.2, 0) is 19.0 Å². The van der Waals surface area contributed by atoms with Gasteiger partial charge in [0.05, 0.1) is 17.8 Å². The Bertz CT molecular complexity index is 940. The first kappa shape index (κ1) is 25.8. The number of hydrogen-bond acceptors (Lipinski definition) is 8. The van der Waals surface area contributed by atoms with Gasteiger partial charge in [0.15, 0.2) is 0 Å². The molecule has 0 saturated carbocycles. The molecule has 1 saturated heterocycles. The maximum absolute atomic E-state index is 14.6. The Morgan fingerprint density at radius 1 is 1.12 bits per heavy atom. The molecule has 11 nitrogen and oxygen atoms in total. The molecular weight excluding hydrogens is 439 g/mol. The summed E-state index contributed by atoms with van der Waals surface area (Å²) in [6, 6.07) is 2.16. The van der Waals surface area contributed by atoms with Crippen LogP contribution in [0.3, 0.4) is 0 Å². The van der Waals surface area contributed by atoms with Gasteiger partial charge < -0.3 is 19.9 Å². The number of anilines is 1. The van der Waals surface area contributed by atoms with Crippen molar-refractivity contribution in [3.05, 3.63) is 29.6 Å². The number of amides is 3. The van der Waals surface area contributed by atoms with Crippen LogP contribution in [0.15, 0.2) is 18.2 Å². The molecule has 1 aromatic rings. The van der Waals surface area contributed by atoms with Crippen molar-refractivity contribution >= 4 is 29.8 Å². The highest BCUT2D eigenvalue weighted by Gasteiger charge is 2.40. The van der Waals surface area contributed by atoms with Crippen molar-refractivity contribution in [3.8, 4) is 0 Å². The molecule has 2 atom stereocenters. The largest absolute Gasteiger partial charge is 0.459 e. The van der Waals surface area contributed by atoms with Crippen molar-refractivity contribution in [3.63, 3.8) is 0 Å². The minimum Gasteiger partial charge on any atom is -0.459 e. The number of nitrogens with zero attached hydrogens (tertiary/aromatic N) is 1. The fraction of sp³-hybridized carbons (Fsp3) is 0.524. The molecule has 1 aromatic carbocycles. The van der Waals surface area contributed by atoms with Crippen LogP contribution in [0, 0.1) is 5.82 Å². The molecule has 33 heavy (non-hydrogen) atoms. The van der Waals surface area contributed by atoms with Gasteiger partial charge in [-0.15, -0.1) is 0 Å². The maximum atomic E-state index is 14.6. The molecule has 1 aliphatic heterocycles. The second-order valence-corrected chi connectivity index (χ2v) is 9.34. The number of nitrogens with two attached hydrogens (primary N) is 1. The second kappa shape index (κ2) is 9.61. The molecule has 0 aromatic heterocycles. The number of carbonyl (C=O) groups is 4. The lowest BCUT2D eigenvalue weighted by Gasteiger charge is -2.23. The summed E-state index contributed by atoms with van der Waals surface area (Å²) in [5.74, 6) is -2.62. The molecule has 2 rings (SSSR count). The van der Waals surface area contributed by atoms with Gasteiger partial charge in [0.2, 0.25) is 0 Å². The summed E-state index contributed by atoms with van der Waals surface area (Å²) in [6.07, 6.45) is -2.75. The van der Waals surface area contributed by atoms with Crippen LogP contribution >= 0.6 is 0 Å². The minimum atomic E-state index is -1.23. The quantitative estimate of drug-likeness (QED) is 0.345. The Morgan fingerprint density at radius 3 is 2.27 bits per heavy atom. The lowest BCUT2D eigenvalue weighted by molar-refractivity contribution is -0.158. The highest BCUT2D eigenvalue weighted by molar-refractivity contribution is 5.96. The zero-order valence-corrected chi connectivity index (χ0v) is 19.4. The molecule has 4 N–H and O–H groups in total. The van der Waals surface area contributed by atoms with E-state index in [1.54, 1.807) is 41.5 Å². The molecule has 3 amide bonds. The number of hydrazine groups is 1. The van der Waals surface area contributed by atoms with Gasteiger partial charge in [-0.1, -0.05) is 0 Å². The Labute approximate surface area is 190 Å². The van der Waals surface area contributed by atoms with E-state index in [9.17, 15) is 23.6 Å². The number of rotatable bonds is 4. The number of nitrogens with one attached hydrogen (secondary N) is 2. The number of hydrogen-bond donors (Lipinski definition) is 3. The lowest BCUT2D eigenvalue weighted by Crippen LogP contribution is -2.47. The molecule has 1 heterocycles. The van der Waals surface area contributed by atoms with E-state index >= 15 is 0 Å². The van der Waals surface area contributed by atoms with Crippen molar-refractivity contribution in [1.29, 1.82) is 0 Å². The second-order valence-electron chi connectivity index (χ2n) is 9.34. The van der Waals surface area contributed by atoms with Gasteiger partial charge in [0.25, 0.3) is 5.91 Å². The van der Waals surface area contributed by atoms with Gasteiger partial charge in [-0.3, -0.25) is 19.9 Å². The van der Waals surface area contributed by atoms with E-state index in [2.05, 4.69) is 0 Å². The van der Waals surface area contributed by atoms with Crippen LogP contribution in [0.5, 0.6) is 0 Å². The van der Waals surface area contributed by atoms with E-state index in [0.717, 1.165) is 17.0 Å². The number of benzene rings is 1. The van der Waals surface area contributed by atoms with E-state index < -0.39 is 53.2 Å². The standard InChI is InChI=1S/C21H29FN4O7/c1-20(2,3)32-17(28)15(23)14-10-26(19(30)31-14)11-7-8-12(13(22)9-11)16(27)24-25-18(29)33-21(4,5)6/h7-9,14-15H,10,23H2,1-6H3,(H,24,27)(H,25,29)/t14?,15-/m0/s1. The molecule has 0 bridgehead atoms. The predicted octanol–water partition coefficient (Wildman–Crippen LogP) is 1.99. The first-order valence-corrected chi connectivity index (χ1v) is 10.1. The monoisotopic (exact) mass is 468 g/mol. The van der Waals surface area contributed by atoms with E-state index in [1.165, 1.54) is 6.07 Å². The van der Waals surface area contributed by atoms with E-state index in [0.29, 0.717) is 0 Å². The maximum Gasteiger partial charge on any atom is 0.426 e. The number of ether oxygens (including phenoxy) is 3. The van der Waals surface area contributed by atoms with Crippen LogP contribution in [0.1, 0.15) is 51.9 Å². The predicted molar refractivity (Wildman–Crippen MR) is 115 cm³/mol. The van der Waals surface area contributed by atoms with E-state index in [1.807, 2.05) is 10.9 Å². The molecular formula is C21H29FN4O7. The SMILES string of the molecule is CC(C)(C)OC(=O)NNC(=O)c1ccc(N2CC([C@H](N)C(=O)OC(C)(C)C)OC2=O)cc1F. The molecule has 1 aliphatic rings. The highest BCUT2D eigenvalue weighted by Crippen LogP contribution is 2.25. The lowest BCUT2D eigenvalue weighted by atomic mass is 10.1. The van der Waals surface area contributed by atoms with Crippen LogP contribution in [0.25, 0.3) is 0 Å². The zero-order chi connectivity index (χ0) is 25.1. The Balaban J connectivity index is 2.04. The van der Waals surface area contributed by atoms with E-state index in [-0.39, 0.29) is 17.8 Å². The first-order chi connectivity index (χ1) is 15.1. The summed E-state index contributed by atoms with van der Waals surface area (Å²) in [4.78, 5) is 49.3. The summed E-state index contributed by atoms with van der Waals surface area (Å²) in [7, 11) is 0. The Kier molecular flexibility index (Phi) is 7.53. The summed E-state index contributed by atoms with van der Waals surface area (Å²) in [6.45, 7) is 9.82. The van der Waals surface area contributed by atoms with Gasteiger partial charge >= 0.3 is 18.2 Å². The molecule has 0 spiro atoms. The van der Waals surface area contributed by atoms with Crippen LogP contribution in [0.4, 0.5) is 19.7 Å². The fourth-order valence-corrected chi connectivity index (χ4v) is 2.74. The molecule has 0 radical (unpaired) electrons.